The van der Waals surface area contributed by atoms with E-state index in [-0.39, 0.29) is 11.3 Å². The van der Waals surface area contributed by atoms with Gasteiger partial charge >= 0.3 is 0 Å². The van der Waals surface area contributed by atoms with Crippen molar-refractivity contribution in [3.63, 3.8) is 0 Å². The van der Waals surface area contributed by atoms with Gasteiger partial charge in [-0.1, -0.05) is 36.8 Å². The normalized spacial score (nSPS) is 16.8. The van der Waals surface area contributed by atoms with E-state index in [9.17, 15) is 14.7 Å². The maximum atomic E-state index is 13.4. The molecular weight excluding hydrogens is 458 g/mol. The molecule has 1 unspecified atom stereocenters. The van der Waals surface area contributed by atoms with Crippen LogP contribution in [0.4, 0.5) is 5.69 Å². The van der Waals surface area contributed by atoms with Gasteiger partial charge in [0.2, 0.25) is 0 Å². The SMILES string of the molecule is CCCOc1ccc(C2/C(=C(\O)c3cc(C)ccc3OC)C(=O)C(=O)N2c2cccc(OC)c2)cc1. The van der Waals surface area contributed by atoms with Gasteiger partial charge in [0.1, 0.15) is 23.0 Å². The first-order chi connectivity index (χ1) is 17.4. The highest BCUT2D eigenvalue weighted by molar-refractivity contribution is 6.51. The summed E-state index contributed by atoms with van der Waals surface area (Å²) in [5, 5.41) is 11.5. The zero-order valence-corrected chi connectivity index (χ0v) is 20.8. The number of aliphatic hydroxyl groups excluding tert-OH is 1. The molecule has 1 heterocycles. The Hall–Kier alpha value is -4.26. The Morgan fingerprint density at radius 3 is 2.36 bits per heavy atom. The molecule has 4 rings (SSSR count). The molecular formula is C29H29NO6. The van der Waals surface area contributed by atoms with Gasteiger partial charge in [-0.3, -0.25) is 14.5 Å². The second kappa shape index (κ2) is 10.6. The van der Waals surface area contributed by atoms with Gasteiger partial charge in [0, 0.05) is 11.8 Å². The first kappa shape index (κ1) is 24.9. The number of Topliss-reactive ketones (excluding diaryl/α,β-unsaturated/α-hetero) is 1. The zero-order chi connectivity index (χ0) is 25.8. The molecule has 36 heavy (non-hydrogen) atoms. The van der Waals surface area contributed by atoms with Crippen molar-refractivity contribution in [3.05, 3.63) is 89.0 Å². The third-order valence-electron chi connectivity index (χ3n) is 6.05. The molecule has 7 heteroatoms. The summed E-state index contributed by atoms with van der Waals surface area (Å²) in [5.41, 5.74) is 2.31. The number of anilines is 1. The summed E-state index contributed by atoms with van der Waals surface area (Å²) in [5.74, 6) is -0.206. The quantitative estimate of drug-likeness (QED) is 0.259. The predicted molar refractivity (Wildman–Crippen MR) is 138 cm³/mol. The molecule has 0 aliphatic carbocycles. The number of methoxy groups -OCH3 is 2. The van der Waals surface area contributed by atoms with Crippen LogP contribution in [0.1, 0.15) is 36.1 Å². The van der Waals surface area contributed by atoms with Gasteiger partial charge < -0.3 is 19.3 Å². The molecule has 1 aliphatic heterocycles. The number of hydrogen-bond donors (Lipinski definition) is 1. The van der Waals surface area contributed by atoms with E-state index in [1.807, 2.05) is 19.9 Å². The summed E-state index contributed by atoms with van der Waals surface area (Å²) >= 11 is 0. The maximum absolute atomic E-state index is 13.4. The van der Waals surface area contributed by atoms with Crippen LogP contribution in [-0.2, 0) is 9.59 Å². The molecule has 0 radical (unpaired) electrons. The highest BCUT2D eigenvalue weighted by Crippen LogP contribution is 2.44. The van der Waals surface area contributed by atoms with Crippen molar-refractivity contribution in [2.24, 2.45) is 0 Å². The lowest BCUT2D eigenvalue weighted by Crippen LogP contribution is -2.29. The standard InChI is InChI=1S/C29H29NO6/c1-5-15-36-21-12-10-19(11-13-21)26-25(27(31)23-16-18(2)9-14-24(23)35-4)28(32)29(33)30(26)20-7-6-8-22(17-20)34-3/h6-14,16-17,26,31H,5,15H2,1-4H3/b27-25+. The summed E-state index contributed by atoms with van der Waals surface area (Å²) < 4.78 is 16.5. The number of rotatable bonds is 8. The van der Waals surface area contributed by atoms with E-state index in [2.05, 4.69) is 0 Å². The Balaban J connectivity index is 1.92. The van der Waals surface area contributed by atoms with Gasteiger partial charge in [0.05, 0.1) is 38.0 Å². The zero-order valence-electron chi connectivity index (χ0n) is 20.8. The topological polar surface area (TPSA) is 85.3 Å². The number of ketones is 1. The highest BCUT2D eigenvalue weighted by Gasteiger charge is 2.47. The fourth-order valence-electron chi connectivity index (χ4n) is 4.29. The number of benzene rings is 3. The van der Waals surface area contributed by atoms with Crippen LogP contribution in [0.3, 0.4) is 0 Å². The molecule has 0 saturated carbocycles. The average Bonchev–Trinajstić information content (AvgIpc) is 3.17. The van der Waals surface area contributed by atoms with Crippen molar-refractivity contribution in [1.29, 1.82) is 0 Å². The fourth-order valence-corrected chi connectivity index (χ4v) is 4.29. The molecule has 7 nitrogen and oxygen atoms in total. The number of ether oxygens (including phenoxy) is 3. The summed E-state index contributed by atoms with van der Waals surface area (Å²) in [6, 6.07) is 18.5. The second-order valence-corrected chi connectivity index (χ2v) is 8.49. The van der Waals surface area contributed by atoms with E-state index in [0.29, 0.717) is 40.7 Å². The lowest BCUT2D eigenvalue weighted by Gasteiger charge is -2.26. The lowest BCUT2D eigenvalue weighted by atomic mass is 9.94. The summed E-state index contributed by atoms with van der Waals surface area (Å²) in [6.45, 7) is 4.47. The summed E-state index contributed by atoms with van der Waals surface area (Å²) in [7, 11) is 3.02. The van der Waals surface area contributed by atoms with Crippen LogP contribution in [0.15, 0.2) is 72.3 Å². The monoisotopic (exact) mass is 487 g/mol. The lowest BCUT2D eigenvalue weighted by molar-refractivity contribution is -0.132. The van der Waals surface area contributed by atoms with Crippen LogP contribution in [0, 0.1) is 6.92 Å². The molecule has 0 bridgehead atoms. The third-order valence-corrected chi connectivity index (χ3v) is 6.05. The fraction of sp³-hybridized carbons (Fsp3) is 0.241. The van der Waals surface area contributed by atoms with Gasteiger partial charge in [-0.05, 0) is 55.3 Å². The van der Waals surface area contributed by atoms with E-state index in [1.165, 1.54) is 19.1 Å². The third kappa shape index (κ3) is 4.64. The molecule has 1 fully saturated rings. The number of carbonyl (C=O) groups is 2. The molecule has 1 amide bonds. The Morgan fingerprint density at radius 1 is 0.944 bits per heavy atom. The summed E-state index contributed by atoms with van der Waals surface area (Å²) in [4.78, 5) is 28.2. The molecule has 3 aromatic rings. The average molecular weight is 488 g/mol. The van der Waals surface area contributed by atoms with Crippen molar-refractivity contribution in [3.8, 4) is 17.2 Å². The molecule has 3 aromatic carbocycles. The van der Waals surface area contributed by atoms with E-state index < -0.39 is 17.7 Å². The molecule has 0 spiro atoms. The van der Waals surface area contributed by atoms with Crippen LogP contribution in [0.25, 0.3) is 5.76 Å². The number of aliphatic hydroxyl groups is 1. The van der Waals surface area contributed by atoms with Crippen LogP contribution < -0.4 is 19.1 Å². The molecule has 1 saturated heterocycles. The Kier molecular flexibility index (Phi) is 7.29. The number of carbonyl (C=O) groups excluding carboxylic acids is 2. The van der Waals surface area contributed by atoms with Crippen molar-refractivity contribution in [1.82, 2.24) is 0 Å². The number of nitrogens with zero attached hydrogens (tertiary/aromatic N) is 1. The van der Waals surface area contributed by atoms with Gasteiger partial charge in [0.25, 0.3) is 11.7 Å². The smallest absolute Gasteiger partial charge is 0.300 e. The molecule has 1 atom stereocenters. The number of amides is 1. The number of hydrogen-bond acceptors (Lipinski definition) is 6. The van der Waals surface area contributed by atoms with Crippen LogP contribution in [0.5, 0.6) is 17.2 Å². The van der Waals surface area contributed by atoms with E-state index in [4.69, 9.17) is 14.2 Å². The second-order valence-electron chi connectivity index (χ2n) is 8.49. The van der Waals surface area contributed by atoms with E-state index in [0.717, 1.165) is 12.0 Å². The minimum absolute atomic E-state index is 0.0195. The Labute approximate surface area is 210 Å². The van der Waals surface area contributed by atoms with Gasteiger partial charge in [-0.15, -0.1) is 0 Å². The highest BCUT2D eigenvalue weighted by atomic mass is 16.5. The molecule has 1 aliphatic rings. The molecule has 1 N–H and O–H groups in total. The van der Waals surface area contributed by atoms with Crippen molar-refractivity contribution >= 4 is 23.1 Å². The summed E-state index contributed by atoms with van der Waals surface area (Å²) in [6.07, 6.45) is 0.871. The van der Waals surface area contributed by atoms with Crippen LogP contribution in [0.2, 0.25) is 0 Å². The minimum atomic E-state index is -0.873. The predicted octanol–water partition coefficient (Wildman–Crippen LogP) is 5.43. The molecule has 0 aromatic heterocycles. The van der Waals surface area contributed by atoms with Gasteiger partial charge in [0.15, 0.2) is 0 Å². The Morgan fingerprint density at radius 2 is 1.69 bits per heavy atom. The Bertz CT molecular complexity index is 1310. The number of aryl methyl sites for hydroxylation is 1. The first-order valence-corrected chi connectivity index (χ1v) is 11.7. The van der Waals surface area contributed by atoms with Crippen molar-refractivity contribution < 1.29 is 28.9 Å². The molecule has 186 valence electrons. The minimum Gasteiger partial charge on any atom is -0.507 e. The maximum Gasteiger partial charge on any atom is 0.300 e. The van der Waals surface area contributed by atoms with E-state index >= 15 is 0 Å². The first-order valence-electron chi connectivity index (χ1n) is 11.7. The van der Waals surface area contributed by atoms with Crippen LogP contribution >= 0.6 is 0 Å². The van der Waals surface area contributed by atoms with Gasteiger partial charge in [-0.2, -0.15) is 0 Å². The largest absolute Gasteiger partial charge is 0.507 e. The van der Waals surface area contributed by atoms with Crippen molar-refractivity contribution in [2.75, 3.05) is 25.7 Å². The van der Waals surface area contributed by atoms with Gasteiger partial charge in [-0.25, -0.2) is 0 Å². The van der Waals surface area contributed by atoms with E-state index in [1.54, 1.807) is 60.7 Å². The van der Waals surface area contributed by atoms with Crippen LogP contribution in [-0.4, -0.2) is 37.6 Å². The van der Waals surface area contributed by atoms with Crippen molar-refractivity contribution in [2.45, 2.75) is 26.3 Å².